The van der Waals surface area contributed by atoms with Crippen molar-refractivity contribution in [2.45, 2.75) is 33.2 Å². The monoisotopic (exact) mass is 292 g/mol. The van der Waals surface area contributed by atoms with Gasteiger partial charge in [0.25, 0.3) is 5.91 Å². The lowest BCUT2D eigenvalue weighted by Crippen LogP contribution is -2.29. The van der Waals surface area contributed by atoms with Gasteiger partial charge in [-0.1, -0.05) is 24.6 Å². The summed E-state index contributed by atoms with van der Waals surface area (Å²) in [6.07, 6.45) is 0.739. The van der Waals surface area contributed by atoms with Crippen LogP contribution in [0.1, 0.15) is 47.0 Å². The van der Waals surface area contributed by atoms with Crippen molar-refractivity contribution < 1.29 is 4.79 Å². The minimum Gasteiger partial charge on any atom is -0.342 e. The molecule has 0 bridgehead atoms. The molecule has 2 rings (SSSR count). The lowest BCUT2D eigenvalue weighted by atomic mass is 10.1. The number of hydrogen-bond acceptors (Lipinski definition) is 3. The smallest absolute Gasteiger partial charge is 0.273 e. The summed E-state index contributed by atoms with van der Waals surface area (Å²) in [6, 6.07) is 5.60. The molecule has 2 heterocycles. The Morgan fingerprint density at radius 3 is 2.75 bits per heavy atom. The number of carbonyl (C=O) groups is 1. The molecule has 2 aromatic rings. The predicted molar refractivity (Wildman–Crippen MR) is 77.8 cm³/mol. The van der Waals surface area contributed by atoms with Crippen molar-refractivity contribution >= 4 is 17.5 Å². The highest BCUT2D eigenvalue weighted by Gasteiger charge is 2.20. The van der Waals surface area contributed by atoms with E-state index in [-0.39, 0.29) is 17.6 Å². The number of nitrogens with zero attached hydrogens (tertiary/aromatic N) is 2. The van der Waals surface area contributed by atoms with E-state index in [0.29, 0.717) is 10.7 Å². The van der Waals surface area contributed by atoms with E-state index in [4.69, 9.17) is 11.6 Å². The minimum atomic E-state index is -0.297. The fourth-order valence-corrected chi connectivity index (χ4v) is 2.11. The van der Waals surface area contributed by atoms with Crippen molar-refractivity contribution in [1.29, 1.82) is 0 Å². The second-order valence-electron chi connectivity index (χ2n) is 4.65. The molecule has 106 valence electrons. The number of hydrogen-bond donors (Lipinski definition) is 2. The van der Waals surface area contributed by atoms with Crippen LogP contribution in [-0.4, -0.2) is 21.1 Å². The Bertz CT molecular complexity index is 623. The molecule has 2 aromatic heterocycles. The number of pyridine rings is 1. The summed E-state index contributed by atoms with van der Waals surface area (Å²) in [5.74, 6) is -0.297. The lowest BCUT2D eigenvalue weighted by Gasteiger charge is -2.16. The molecule has 0 spiro atoms. The van der Waals surface area contributed by atoms with E-state index in [2.05, 4.69) is 20.5 Å². The van der Waals surface area contributed by atoms with Gasteiger partial charge in [-0.05, 0) is 32.4 Å². The highest BCUT2D eigenvalue weighted by molar-refractivity contribution is 6.34. The zero-order valence-electron chi connectivity index (χ0n) is 11.7. The highest BCUT2D eigenvalue weighted by atomic mass is 35.5. The SMILES string of the molecule is CC[C@H](NC(=O)c1n[nH]c(C)c1Cl)c1cccc(C)n1. The maximum Gasteiger partial charge on any atom is 0.273 e. The maximum atomic E-state index is 12.2. The highest BCUT2D eigenvalue weighted by Crippen LogP contribution is 2.20. The van der Waals surface area contributed by atoms with Gasteiger partial charge >= 0.3 is 0 Å². The van der Waals surface area contributed by atoms with E-state index >= 15 is 0 Å². The first kappa shape index (κ1) is 14.5. The first-order valence-corrected chi connectivity index (χ1v) is 6.85. The van der Waals surface area contributed by atoms with E-state index in [0.717, 1.165) is 17.8 Å². The van der Waals surface area contributed by atoms with E-state index in [1.165, 1.54) is 0 Å². The molecule has 0 fully saturated rings. The third kappa shape index (κ3) is 2.99. The van der Waals surface area contributed by atoms with Crippen LogP contribution in [0.2, 0.25) is 5.02 Å². The number of carbonyl (C=O) groups excluding carboxylic acids is 1. The first-order valence-electron chi connectivity index (χ1n) is 6.47. The molecular formula is C14H17ClN4O. The molecule has 6 heteroatoms. The van der Waals surface area contributed by atoms with Gasteiger partial charge in [-0.3, -0.25) is 14.9 Å². The van der Waals surface area contributed by atoms with E-state index < -0.39 is 0 Å². The Morgan fingerprint density at radius 1 is 1.45 bits per heavy atom. The van der Waals surface area contributed by atoms with E-state index in [1.54, 1.807) is 6.92 Å². The molecule has 0 radical (unpaired) electrons. The number of amides is 1. The Kier molecular flexibility index (Phi) is 4.39. The van der Waals surface area contributed by atoms with Gasteiger partial charge in [0.2, 0.25) is 0 Å². The van der Waals surface area contributed by atoms with Crippen molar-refractivity contribution in [2.75, 3.05) is 0 Å². The third-order valence-electron chi connectivity index (χ3n) is 3.07. The second kappa shape index (κ2) is 6.05. The lowest BCUT2D eigenvalue weighted by molar-refractivity contribution is 0.0929. The van der Waals surface area contributed by atoms with Crippen molar-refractivity contribution in [3.05, 3.63) is 46.0 Å². The third-order valence-corrected chi connectivity index (χ3v) is 3.53. The van der Waals surface area contributed by atoms with Crippen LogP contribution in [0.25, 0.3) is 0 Å². The van der Waals surface area contributed by atoms with E-state index in [9.17, 15) is 4.79 Å². The van der Waals surface area contributed by atoms with Gasteiger partial charge in [0.1, 0.15) is 0 Å². The standard InChI is InChI=1S/C14H17ClN4O/c1-4-10(11-7-5-6-8(2)16-11)17-14(20)13-12(15)9(3)18-19-13/h5-7,10H,4H2,1-3H3,(H,17,20)(H,18,19)/t10-/m0/s1. The number of aromatic nitrogens is 3. The van der Waals surface area contributed by atoms with Gasteiger partial charge in [0.05, 0.1) is 22.5 Å². The summed E-state index contributed by atoms with van der Waals surface area (Å²) in [4.78, 5) is 16.6. The van der Waals surface area contributed by atoms with Crippen LogP contribution in [0.3, 0.4) is 0 Å². The quantitative estimate of drug-likeness (QED) is 0.910. The summed E-state index contributed by atoms with van der Waals surface area (Å²) >= 11 is 6.03. The van der Waals surface area contributed by atoms with E-state index in [1.807, 2.05) is 32.0 Å². The van der Waals surface area contributed by atoms with Crippen molar-refractivity contribution in [2.24, 2.45) is 0 Å². The Labute approximate surface area is 122 Å². The molecule has 1 atom stereocenters. The normalized spacial score (nSPS) is 12.2. The van der Waals surface area contributed by atoms with Gasteiger partial charge in [-0.15, -0.1) is 0 Å². The number of halogens is 1. The topological polar surface area (TPSA) is 70.7 Å². The number of nitrogens with one attached hydrogen (secondary N) is 2. The van der Waals surface area contributed by atoms with Crippen LogP contribution < -0.4 is 5.32 Å². The van der Waals surface area contributed by atoms with Crippen LogP contribution >= 0.6 is 11.6 Å². The molecule has 2 N–H and O–H groups in total. The number of aryl methyl sites for hydroxylation is 2. The largest absolute Gasteiger partial charge is 0.342 e. The van der Waals surface area contributed by atoms with Crippen molar-refractivity contribution in [3.8, 4) is 0 Å². The molecule has 5 nitrogen and oxygen atoms in total. The molecule has 0 aliphatic heterocycles. The summed E-state index contributed by atoms with van der Waals surface area (Å²) in [6.45, 7) is 5.68. The zero-order valence-corrected chi connectivity index (χ0v) is 12.5. The summed E-state index contributed by atoms with van der Waals surface area (Å²) in [7, 11) is 0. The van der Waals surface area contributed by atoms with Crippen LogP contribution in [0.4, 0.5) is 0 Å². The summed E-state index contributed by atoms with van der Waals surface area (Å²) in [5.41, 5.74) is 2.65. The molecule has 0 aliphatic carbocycles. The number of H-pyrrole nitrogens is 1. The van der Waals surface area contributed by atoms with Crippen molar-refractivity contribution in [3.63, 3.8) is 0 Å². The van der Waals surface area contributed by atoms with Crippen LogP contribution in [0.5, 0.6) is 0 Å². The predicted octanol–water partition coefficient (Wildman–Crippen LogP) is 2.96. The number of aromatic amines is 1. The molecule has 20 heavy (non-hydrogen) atoms. The van der Waals surface area contributed by atoms with Gasteiger partial charge in [-0.2, -0.15) is 5.10 Å². The van der Waals surface area contributed by atoms with Gasteiger partial charge in [0.15, 0.2) is 5.69 Å². The maximum absolute atomic E-state index is 12.2. The summed E-state index contributed by atoms with van der Waals surface area (Å²) < 4.78 is 0. The summed E-state index contributed by atoms with van der Waals surface area (Å²) in [5, 5.41) is 9.89. The van der Waals surface area contributed by atoms with Crippen LogP contribution in [-0.2, 0) is 0 Å². The average Bonchev–Trinajstić information content (AvgIpc) is 2.76. The molecule has 0 saturated heterocycles. The molecule has 0 aliphatic rings. The molecular weight excluding hydrogens is 276 g/mol. The fraction of sp³-hybridized carbons (Fsp3) is 0.357. The van der Waals surface area contributed by atoms with Gasteiger partial charge in [0, 0.05) is 5.69 Å². The van der Waals surface area contributed by atoms with Gasteiger partial charge < -0.3 is 5.32 Å². The molecule has 0 aromatic carbocycles. The molecule has 0 saturated carbocycles. The van der Waals surface area contributed by atoms with Crippen LogP contribution in [0, 0.1) is 13.8 Å². The second-order valence-corrected chi connectivity index (χ2v) is 5.03. The Hall–Kier alpha value is -1.88. The Morgan fingerprint density at radius 2 is 2.20 bits per heavy atom. The van der Waals surface area contributed by atoms with Crippen LogP contribution in [0.15, 0.2) is 18.2 Å². The molecule has 0 unspecified atom stereocenters. The average molecular weight is 293 g/mol. The van der Waals surface area contributed by atoms with Crippen molar-refractivity contribution in [1.82, 2.24) is 20.5 Å². The minimum absolute atomic E-state index is 0.157. The zero-order chi connectivity index (χ0) is 14.7. The van der Waals surface area contributed by atoms with Gasteiger partial charge in [-0.25, -0.2) is 0 Å². The first-order chi connectivity index (χ1) is 9.52. The molecule has 1 amide bonds. The Balaban J connectivity index is 2.18. The number of rotatable bonds is 4. The fourth-order valence-electron chi connectivity index (χ4n) is 1.94.